The maximum Gasteiger partial charge on any atom is 0.269 e. The van der Waals surface area contributed by atoms with Crippen LogP contribution in [-0.2, 0) is 16.6 Å². The van der Waals surface area contributed by atoms with Crippen molar-refractivity contribution in [1.82, 2.24) is 19.4 Å². The molecule has 0 aromatic carbocycles. The number of pyridine rings is 1. The number of hydrogen-bond donors (Lipinski definition) is 1. The number of sulfonamides is 1. The van der Waals surface area contributed by atoms with Crippen LogP contribution in [0, 0.1) is 27.7 Å². The summed E-state index contributed by atoms with van der Waals surface area (Å²) < 4.78 is 34.0. The third-order valence-corrected chi connectivity index (χ3v) is 5.90. The molecule has 3 aromatic rings. The molecule has 3 aromatic heterocycles. The predicted molar refractivity (Wildman–Crippen MR) is 97.9 cm³/mol. The second kappa shape index (κ2) is 6.99. The zero-order valence-electron chi connectivity index (χ0n) is 15.5. The van der Waals surface area contributed by atoms with E-state index in [0.717, 1.165) is 11.4 Å². The van der Waals surface area contributed by atoms with Crippen molar-refractivity contribution in [1.29, 1.82) is 0 Å². The highest BCUT2D eigenvalue weighted by atomic mass is 32.2. The van der Waals surface area contributed by atoms with Gasteiger partial charge in [-0.2, -0.15) is 0 Å². The van der Waals surface area contributed by atoms with Crippen LogP contribution in [0.2, 0.25) is 0 Å². The van der Waals surface area contributed by atoms with Gasteiger partial charge in [-0.15, -0.1) is 0 Å². The molecule has 8 nitrogen and oxygen atoms in total. The molecule has 0 spiro atoms. The Bertz CT molecular complexity index is 1080. The lowest BCUT2D eigenvalue weighted by molar-refractivity contribution is 0.0980. The second-order valence-electron chi connectivity index (χ2n) is 6.28. The first kappa shape index (κ1) is 18.8. The lowest BCUT2D eigenvalue weighted by Gasteiger charge is -2.10. The molecule has 0 unspecified atom stereocenters. The SMILES string of the molecule is Cc1noc(C)c1S(=O)(=O)NC(=O)c1cc(C)n(Cc2ccccn2)c1C. The summed E-state index contributed by atoms with van der Waals surface area (Å²) in [6, 6.07) is 7.27. The zero-order valence-corrected chi connectivity index (χ0v) is 16.3. The summed E-state index contributed by atoms with van der Waals surface area (Å²) in [6.07, 6.45) is 1.70. The standard InChI is InChI=1S/C18H20N4O4S/c1-11-9-16(13(3)22(11)10-15-7-5-6-8-19-15)18(23)21-27(24,25)17-12(2)20-26-14(17)4/h5-9H,10H2,1-4H3,(H,21,23). The lowest BCUT2D eigenvalue weighted by Crippen LogP contribution is -2.31. The number of carbonyl (C=O) groups excluding carboxylic acids is 1. The summed E-state index contributed by atoms with van der Waals surface area (Å²) in [4.78, 5) is 16.8. The normalized spacial score (nSPS) is 11.6. The largest absolute Gasteiger partial charge is 0.360 e. The molecule has 142 valence electrons. The Labute approximate surface area is 157 Å². The van der Waals surface area contributed by atoms with E-state index in [1.165, 1.54) is 13.8 Å². The molecule has 0 saturated carbocycles. The van der Waals surface area contributed by atoms with Crippen molar-refractivity contribution in [2.45, 2.75) is 39.1 Å². The van der Waals surface area contributed by atoms with Crippen LogP contribution in [0.15, 0.2) is 39.9 Å². The van der Waals surface area contributed by atoms with Gasteiger partial charge in [0.15, 0.2) is 10.7 Å². The van der Waals surface area contributed by atoms with Crippen molar-refractivity contribution < 1.29 is 17.7 Å². The van der Waals surface area contributed by atoms with Gasteiger partial charge >= 0.3 is 0 Å². The van der Waals surface area contributed by atoms with Crippen molar-refractivity contribution in [2.75, 3.05) is 0 Å². The van der Waals surface area contributed by atoms with Gasteiger partial charge in [-0.05, 0) is 45.9 Å². The Morgan fingerprint density at radius 2 is 1.96 bits per heavy atom. The smallest absolute Gasteiger partial charge is 0.269 e. The van der Waals surface area contributed by atoms with Crippen LogP contribution in [0.3, 0.4) is 0 Å². The van der Waals surface area contributed by atoms with Crippen molar-refractivity contribution in [2.24, 2.45) is 0 Å². The minimum Gasteiger partial charge on any atom is -0.360 e. The summed E-state index contributed by atoms with van der Waals surface area (Å²) in [5, 5.41) is 3.63. The summed E-state index contributed by atoms with van der Waals surface area (Å²) in [6.45, 7) is 7.11. The molecule has 0 saturated heterocycles. The third-order valence-electron chi connectivity index (χ3n) is 4.33. The van der Waals surface area contributed by atoms with E-state index < -0.39 is 15.9 Å². The molecule has 0 atom stereocenters. The van der Waals surface area contributed by atoms with Crippen LogP contribution < -0.4 is 4.72 Å². The average Bonchev–Trinajstić information content (AvgIpc) is 3.09. The van der Waals surface area contributed by atoms with Crippen LogP contribution in [-0.4, -0.2) is 29.0 Å². The fourth-order valence-corrected chi connectivity index (χ4v) is 4.31. The van der Waals surface area contributed by atoms with Crippen molar-refractivity contribution in [3.05, 3.63) is 64.6 Å². The first-order chi connectivity index (χ1) is 12.7. The van der Waals surface area contributed by atoms with Crippen LogP contribution in [0.4, 0.5) is 0 Å². The Morgan fingerprint density at radius 1 is 1.22 bits per heavy atom. The molecular weight excluding hydrogens is 368 g/mol. The van der Waals surface area contributed by atoms with E-state index in [0.29, 0.717) is 17.8 Å². The van der Waals surface area contributed by atoms with Gasteiger partial charge in [0.2, 0.25) is 0 Å². The number of aromatic nitrogens is 3. The van der Waals surface area contributed by atoms with Gasteiger partial charge in [0, 0.05) is 17.6 Å². The summed E-state index contributed by atoms with van der Waals surface area (Å²) in [7, 11) is -4.08. The van der Waals surface area contributed by atoms with Gasteiger partial charge in [-0.3, -0.25) is 9.78 Å². The number of carbonyl (C=O) groups is 1. The van der Waals surface area contributed by atoms with Crippen LogP contribution in [0.5, 0.6) is 0 Å². The Morgan fingerprint density at radius 3 is 2.56 bits per heavy atom. The molecule has 27 heavy (non-hydrogen) atoms. The highest BCUT2D eigenvalue weighted by Gasteiger charge is 2.28. The number of hydrogen-bond acceptors (Lipinski definition) is 6. The van der Waals surface area contributed by atoms with Gasteiger partial charge in [0.25, 0.3) is 15.9 Å². The van der Waals surface area contributed by atoms with Gasteiger partial charge < -0.3 is 9.09 Å². The molecule has 1 N–H and O–H groups in total. The fraction of sp³-hybridized carbons (Fsp3) is 0.278. The van der Waals surface area contributed by atoms with Gasteiger partial charge in [-0.25, -0.2) is 13.1 Å². The molecule has 1 amide bonds. The molecule has 0 bridgehead atoms. The topological polar surface area (TPSA) is 107 Å². The Kier molecular flexibility index (Phi) is 4.88. The van der Waals surface area contributed by atoms with E-state index >= 15 is 0 Å². The maximum absolute atomic E-state index is 12.6. The van der Waals surface area contributed by atoms with Crippen molar-refractivity contribution in [3.63, 3.8) is 0 Å². The van der Waals surface area contributed by atoms with Gasteiger partial charge in [0.1, 0.15) is 5.69 Å². The first-order valence-corrected chi connectivity index (χ1v) is 9.75. The number of nitrogens with zero attached hydrogens (tertiary/aromatic N) is 3. The van der Waals surface area contributed by atoms with E-state index in [1.54, 1.807) is 19.2 Å². The van der Waals surface area contributed by atoms with Crippen molar-refractivity contribution >= 4 is 15.9 Å². The molecule has 9 heteroatoms. The quantitative estimate of drug-likeness (QED) is 0.718. The minimum atomic E-state index is -4.08. The number of aryl methyl sites for hydroxylation is 3. The molecule has 0 fully saturated rings. The highest BCUT2D eigenvalue weighted by molar-refractivity contribution is 7.90. The fourth-order valence-electron chi connectivity index (χ4n) is 3.01. The predicted octanol–water partition coefficient (Wildman–Crippen LogP) is 2.27. The molecule has 3 heterocycles. The van der Waals surface area contributed by atoms with E-state index in [4.69, 9.17) is 4.52 Å². The molecule has 0 aliphatic carbocycles. The van der Waals surface area contributed by atoms with E-state index in [1.807, 2.05) is 29.7 Å². The molecule has 0 aliphatic rings. The first-order valence-electron chi connectivity index (χ1n) is 8.27. The van der Waals surface area contributed by atoms with Crippen LogP contribution >= 0.6 is 0 Å². The lowest BCUT2D eigenvalue weighted by atomic mass is 10.2. The zero-order chi connectivity index (χ0) is 19.8. The van der Waals surface area contributed by atoms with E-state index in [9.17, 15) is 13.2 Å². The van der Waals surface area contributed by atoms with Gasteiger partial charge in [-0.1, -0.05) is 11.2 Å². The van der Waals surface area contributed by atoms with Crippen LogP contribution in [0.1, 0.15) is 38.9 Å². The molecule has 3 rings (SSSR count). The molecule has 0 radical (unpaired) electrons. The van der Waals surface area contributed by atoms with E-state index in [2.05, 4.69) is 14.9 Å². The summed E-state index contributed by atoms with van der Waals surface area (Å²) >= 11 is 0. The minimum absolute atomic E-state index is 0.113. The highest BCUT2D eigenvalue weighted by Crippen LogP contribution is 2.21. The number of rotatable bonds is 5. The Hall–Kier alpha value is -2.94. The number of amides is 1. The average molecular weight is 388 g/mol. The van der Waals surface area contributed by atoms with Crippen LogP contribution in [0.25, 0.3) is 0 Å². The third kappa shape index (κ3) is 3.63. The van der Waals surface area contributed by atoms with Crippen molar-refractivity contribution in [3.8, 4) is 0 Å². The Balaban J connectivity index is 1.89. The second-order valence-corrected chi connectivity index (χ2v) is 7.90. The summed E-state index contributed by atoms with van der Waals surface area (Å²) in [5.74, 6) is -0.566. The van der Waals surface area contributed by atoms with Gasteiger partial charge in [0.05, 0.1) is 17.8 Å². The molecule has 0 aliphatic heterocycles. The monoisotopic (exact) mass is 388 g/mol. The maximum atomic E-state index is 12.6. The van der Waals surface area contributed by atoms with E-state index in [-0.39, 0.29) is 16.3 Å². The summed E-state index contributed by atoms with van der Waals surface area (Å²) in [5.41, 5.74) is 2.82. The molecular formula is C18H20N4O4S. The number of nitrogens with one attached hydrogen (secondary N) is 1.